The predicted octanol–water partition coefficient (Wildman–Crippen LogP) is 3.31. The monoisotopic (exact) mass is 395 g/mol. The van der Waals surface area contributed by atoms with Crippen molar-refractivity contribution in [3.8, 4) is 28.7 Å². The van der Waals surface area contributed by atoms with Crippen LogP contribution >= 0.6 is 11.6 Å². The van der Waals surface area contributed by atoms with Gasteiger partial charge in [-0.2, -0.15) is 0 Å². The zero-order valence-electron chi connectivity index (χ0n) is 15.8. The lowest BCUT2D eigenvalue weighted by Gasteiger charge is -2.15. The summed E-state index contributed by atoms with van der Waals surface area (Å²) >= 11 is 6.26. The van der Waals surface area contributed by atoms with E-state index in [4.69, 9.17) is 35.3 Å². The van der Waals surface area contributed by atoms with E-state index in [1.54, 1.807) is 24.3 Å². The van der Waals surface area contributed by atoms with E-state index in [0.717, 1.165) is 0 Å². The molecule has 2 aromatic carbocycles. The van der Waals surface area contributed by atoms with Gasteiger partial charge in [0, 0.05) is 23.2 Å². The average molecular weight is 396 g/mol. The first-order chi connectivity index (χ1) is 13.0. The van der Waals surface area contributed by atoms with Gasteiger partial charge in [0.2, 0.25) is 5.75 Å². The number of methoxy groups -OCH3 is 5. The summed E-state index contributed by atoms with van der Waals surface area (Å²) < 4.78 is 26.3. The molecule has 0 fully saturated rings. The summed E-state index contributed by atoms with van der Waals surface area (Å²) in [7, 11) is 7.54. The molecule has 2 rings (SSSR count). The van der Waals surface area contributed by atoms with E-state index in [2.05, 4.69) is 5.32 Å². The second-order valence-corrected chi connectivity index (χ2v) is 5.80. The van der Waals surface area contributed by atoms with Crippen LogP contribution in [0.3, 0.4) is 0 Å². The fourth-order valence-electron chi connectivity index (χ4n) is 2.52. The van der Waals surface area contributed by atoms with Crippen molar-refractivity contribution < 1.29 is 28.5 Å². The van der Waals surface area contributed by atoms with Gasteiger partial charge in [0.05, 0.1) is 35.5 Å². The maximum Gasteiger partial charge on any atom is 0.251 e. The average Bonchev–Trinajstić information content (AvgIpc) is 2.70. The molecule has 0 heterocycles. The fourth-order valence-corrected chi connectivity index (χ4v) is 2.74. The molecule has 27 heavy (non-hydrogen) atoms. The van der Waals surface area contributed by atoms with Crippen LogP contribution in [0.2, 0.25) is 5.02 Å². The molecule has 0 spiro atoms. The highest BCUT2D eigenvalue weighted by Gasteiger charge is 2.17. The summed E-state index contributed by atoms with van der Waals surface area (Å²) in [6, 6.07) is 6.51. The van der Waals surface area contributed by atoms with E-state index < -0.39 is 0 Å². The predicted molar refractivity (Wildman–Crippen MR) is 102 cm³/mol. The van der Waals surface area contributed by atoms with Gasteiger partial charge in [-0.05, 0) is 23.8 Å². The molecule has 0 aliphatic heterocycles. The summed E-state index contributed by atoms with van der Waals surface area (Å²) in [4.78, 5) is 12.6. The van der Waals surface area contributed by atoms with Crippen molar-refractivity contribution in [2.45, 2.75) is 6.54 Å². The van der Waals surface area contributed by atoms with Crippen LogP contribution in [-0.2, 0) is 6.54 Å². The van der Waals surface area contributed by atoms with E-state index in [9.17, 15) is 4.79 Å². The van der Waals surface area contributed by atoms with E-state index in [0.29, 0.717) is 44.9 Å². The van der Waals surface area contributed by atoms with Crippen LogP contribution in [0.4, 0.5) is 0 Å². The lowest BCUT2D eigenvalue weighted by molar-refractivity contribution is 0.0950. The van der Waals surface area contributed by atoms with Crippen LogP contribution in [0.25, 0.3) is 0 Å². The molecule has 146 valence electrons. The normalized spacial score (nSPS) is 10.1. The number of nitrogens with one attached hydrogen (secondary N) is 1. The van der Waals surface area contributed by atoms with E-state index in [1.165, 1.54) is 35.5 Å². The van der Waals surface area contributed by atoms with Gasteiger partial charge in [-0.1, -0.05) is 11.6 Å². The first kappa shape index (κ1) is 20.5. The number of carbonyl (C=O) groups excluding carboxylic acids is 1. The Labute approximate surface area is 163 Å². The Balaban J connectivity index is 2.23. The number of rotatable bonds is 8. The lowest BCUT2D eigenvalue weighted by Crippen LogP contribution is -2.23. The molecule has 0 unspecified atom stereocenters. The van der Waals surface area contributed by atoms with E-state index in [1.807, 2.05) is 0 Å². The SMILES string of the molecule is COc1cc(Cl)c(CNC(=O)c2cc(OC)c(OC)c(OC)c2)cc1OC. The molecule has 0 saturated heterocycles. The molecule has 2 aromatic rings. The second-order valence-electron chi connectivity index (χ2n) is 5.40. The number of hydrogen-bond donors (Lipinski definition) is 1. The molecule has 0 aromatic heterocycles. The largest absolute Gasteiger partial charge is 0.493 e. The molecule has 0 atom stereocenters. The van der Waals surface area contributed by atoms with Crippen molar-refractivity contribution in [1.29, 1.82) is 0 Å². The minimum absolute atomic E-state index is 0.203. The molecule has 7 nitrogen and oxygen atoms in total. The molecule has 0 bridgehead atoms. The molecule has 8 heteroatoms. The summed E-state index contributed by atoms with van der Waals surface area (Å²) in [5, 5.41) is 3.27. The molecular weight excluding hydrogens is 374 g/mol. The van der Waals surface area contributed by atoms with Crippen LogP contribution in [0.15, 0.2) is 24.3 Å². The van der Waals surface area contributed by atoms with Gasteiger partial charge in [-0.3, -0.25) is 4.79 Å². The summed E-state index contributed by atoms with van der Waals surface area (Å²) in [5.41, 5.74) is 1.05. The summed E-state index contributed by atoms with van der Waals surface area (Å²) in [5.74, 6) is 1.93. The maximum atomic E-state index is 12.6. The third-order valence-electron chi connectivity index (χ3n) is 3.92. The van der Waals surface area contributed by atoms with Crippen molar-refractivity contribution in [2.24, 2.45) is 0 Å². The van der Waals surface area contributed by atoms with Gasteiger partial charge in [0.25, 0.3) is 5.91 Å². The Morgan fingerprint density at radius 1 is 0.815 bits per heavy atom. The highest BCUT2D eigenvalue weighted by atomic mass is 35.5. The molecule has 0 radical (unpaired) electrons. The van der Waals surface area contributed by atoms with Gasteiger partial charge in [-0.25, -0.2) is 0 Å². The highest BCUT2D eigenvalue weighted by Crippen LogP contribution is 2.38. The molecule has 1 N–H and O–H groups in total. The minimum atomic E-state index is -0.319. The van der Waals surface area contributed by atoms with Crippen LogP contribution in [-0.4, -0.2) is 41.5 Å². The van der Waals surface area contributed by atoms with Gasteiger partial charge in [0.15, 0.2) is 23.0 Å². The van der Waals surface area contributed by atoms with Crippen molar-refractivity contribution in [3.05, 3.63) is 40.4 Å². The number of benzene rings is 2. The Bertz CT molecular complexity index is 799. The van der Waals surface area contributed by atoms with E-state index >= 15 is 0 Å². The van der Waals surface area contributed by atoms with Gasteiger partial charge < -0.3 is 29.0 Å². The van der Waals surface area contributed by atoms with Crippen LogP contribution < -0.4 is 29.0 Å². The Kier molecular flexibility index (Phi) is 7.01. The quantitative estimate of drug-likeness (QED) is 0.739. The Morgan fingerprint density at radius 2 is 1.33 bits per heavy atom. The van der Waals surface area contributed by atoms with Crippen molar-refractivity contribution >= 4 is 17.5 Å². The first-order valence-electron chi connectivity index (χ1n) is 7.97. The Morgan fingerprint density at radius 3 is 1.81 bits per heavy atom. The molecule has 1 amide bonds. The molecule has 0 aliphatic carbocycles. The smallest absolute Gasteiger partial charge is 0.251 e. The van der Waals surface area contributed by atoms with Crippen molar-refractivity contribution in [3.63, 3.8) is 0 Å². The highest BCUT2D eigenvalue weighted by molar-refractivity contribution is 6.31. The van der Waals surface area contributed by atoms with Crippen LogP contribution in [0.1, 0.15) is 15.9 Å². The van der Waals surface area contributed by atoms with Gasteiger partial charge in [0.1, 0.15) is 0 Å². The zero-order chi connectivity index (χ0) is 20.0. The molecular formula is C19H22ClNO6. The number of carbonyl (C=O) groups is 1. The first-order valence-corrected chi connectivity index (χ1v) is 8.35. The Hall–Kier alpha value is -2.80. The fraction of sp³-hybridized carbons (Fsp3) is 0.316. The van der Waals surface area contributed by atoms with Crippen LogP contribution in [0.5, 0.6) is 28.7 Å². The van der Waals surface area contributed by atoms with E-state index in [-0.39, 0.29) is 12.5 Å². The lowest BCUT2D eigenvalue weighted by atomic mass is 10.1. The second kappa shape index (κ2) is 9.23. The standard InChI is InChI=1S/C19H22ClNO6/c1-23-14-8-12(13(20)9-15(14)24-2)10-21-19(22)11-6-16(25-3)18(27-5)17(7-11)26-4/h6-9H,10H2,1-5H3,(H,21,22). The van der Waals surface area contributed by atoms with Gasteiger partial charge in [-0.15, -0.1) is 0 Å². The van der Waals surface area contributed by atoms with Gasteiger partial charge >= 0.3 is 0 Å². The third kappa shape index (κ3) is 4.49. The third-order valence-corrected chi connectivity index (χ3v) is 4.27. The number of amides is 1. The minimum Gasteiger partial charge on any atom is -0.493 e. The number of halogens is 1. The zero-order valence-corrected chi connectivity index (χ0v) is 16.6. The van der Waals surface area contributed by atoms with Crippen LogP contribution in [0, 0.1) is 0 Å². The topological polar surface area (TPSA) is 75.3 Å². The number of ether oxygens (including phenoxy) is 5. The molecule has 0 saturated carbocycles. The number of hydrogen-bond acceptors (Lipinski definition) is 6. The maximum absolute atomic E-state index is 12.6. The summed E-state index contributed by atoms with van der Waals surface area (Å²) in [6.45, 7) is 0.203. The van der Waals surface area contributed by atoms with Crippen molar-refractivity contribution in [1.82, 2.24) is 5.32 Å². The molecule has 0 aliphatic rings. The van der Waals surface area contributed by atoms with Crippen molar-refractivity contribution in [2.75, 3.05) is 35.5 Å². The summed E-state index contributed by atoms with van der Waals surface area (Å²) in [6.07, 6.45) is 0.